The van der Waals surface area contributed by atoms with E-state index in [1.807, 2.05) is 74.8 Å². The topological polar surface area (TPSA) is 62.3 Å². The molecule has 4 aromatic rings. The van der Waals surface area contributed by atoms with Crippen molar-refractivity contribution in [3.8, 4) is 5.75 Å². The molecule has 0 aliphatic heterocycles. The summed E-state index contributed by atoms with van der Waals surface area (Å²) in [5.41, 5.74) is 3.79. The number of ether oxygens (including phenoxy) is 1. The highest BCUT2D eigenvalue weighted by atomic mass is 16.5. The first-order chi connectivity index (χ1) is 14.1. The lowest BCUT2D eigenvalue weighted by atomic mass is 10.2. The lowest BCUT2D eigenvalue weighted by molar-refractivity contribution is 0.415. The summed E-state index contributed by atoms with van der Waals surface area (Å²) in [6.07, 6.45) is 0. The number of nitrogens with one attached hydrogen (secondary N) is 2. The van der Waals surface area contributed by atoms with E-state index in [0.717, 1.165) is 39.5 Å². The number of aromatic nitrogens is 2. The lowest BCUT2D eigenvalue weighted by Gasteiger charge is -2.15. The molecule has 2 N–H and O–H groups in total. The fraction of sp³-hybridized carbons (Fsp3) is 0.130. The Labute approximate surface area is 170 Å². The van der Waals surface area contributed by atoms with E-state index in [1.165, 1.54) is 0 Å². The van der Waals surface area contributed by atoms with Crippen LogP contribution < -0.4 is 20.3 Å². The normalized spacial score (nSPS) is 10.6. The maximum Gasteiger partial charge on any atom is 0.229 e. The summed E-state index contributed by atoms with van der Waals surface area (Å²) < 4.78 is 5.32. The summed E-state index contributed by atoms with van der Waals surface area (Å²) in [5, 5.41) is 7.67. The van der Waals surface area contributed by atoms with E-state index in [2.05, 4.69) is 32.7 Å². The number of para-hydroxylation sites is 1. The number of anilines is 5. The van der Waals surface area contributed by atoms with Gasteiger partial charge >= 0.3 is 0 Å². The molecule has 29 heavy (non-hydrogen) atoms. The number of fused-ring (bicyclic) bond motifs is 1. The smallest absolute Gasteiger partial charge is 0.229 e. The third kappa shape index (κ3) is 4.21. The first kappa shape index (κ1) is 18.6. The van der Waals surface area contributed by atoms with Crippen molar-refractivity contribution in [1.29, 1.82) is 0 Å². The van der Waals surface area contributed by atoms with E-state index in [9.17, 15) is 0 Å². The van der Waals surface area contributed by atoms with Crippen LogP contribution >= 0.6 is 0 Å². The van der Waals surface area contributed by atoms with Gasteiger partial charge in [-0.1, -0.05) is 24.3 Å². The minimum atomic E-state index is 0.532. The minimum Gasteiger partial charge on any atom is -0.497 e. The van der Waals surface area contributed by atoms with Gasteiger partial charge in [0.15, 0.2) is 0 Å². The van der Waals surface area contributed by atoms with Crippen LogP contribution in [0.25, 0.3) is 10.9 Å². The molecule has 0 spiro atoms. The molecule has 6 heteroatoms. The summed E-state index contributed by atoms with van der Waals surface area (Å²) in [7, 11) is 5.69. The first-order valence-corrected chi connectivity index (χ1v) is 9.34. The van der Waals surface area contributed by atoms with E-state index in [-0.39, 0.29) is 0 Å². The van der Waals surface area contributed by atoms with Crippen molar-refractivity contribution in [3.63, 3.8) is 0 Å². The first-order valence-electron chi connectivity index (χ1n) is 9.34. The Kier molecular flexibility index (Phi) is 5.16. The molecule has 0 amide bonds. The van der Waals surface area contributed by atoms with E-state index in [0.29, 0.717) is 5.95 Å². The average molecular weight is 385 g/mol. The van der Waals surface area contributed by atoms with Crippen LogP contribution in [0.3, 0.4) is 0 Å². The molecular formula is C23H23N5O. The average Bonchev–Trinajstić information content (AvgIpc) is 2.74. The highest BCUT2D eigenvalue weighted by Gasteiger charge is 2.09. The van der Waals surface area contributed by atoms with Crippen LogP contribution in [0.2, 0.25) is 0 Å². The largest absolute Gasteiger partial charge is 0.497 e. The molecule has 0 aliphatic rings. The van der Waals surface area contributed by atoms with Crippen molar-refractivity contribution in [2.45, 2.75) is 0 Å². The predicted molar refractivity (Wildman–Crippen MR) is 120 cm³/mol. The number of hydrogen-bond donors (Lipinski definition) is 2. The Balaban J connectivity index is 1.71. The third-order valence-electron chi connectivity index (χ3n) is 4.55. The highest BCUT2D eigenvalue weighted by molar-refractivity contribution is 5.92. The van der Waals surface area contributed by atoms with Crippen LogP contribution in [-0.4, -0.2) is 31.2 Å². The molecule has 1 aromatic heterocycles. The highest BCUT2D eigenvalue weighted by Crippen LogP contribution is 2.28. The number of rotatable bonds is 6. The van der Waals surface area contributed by atoms with Crippen LogP contribution in [0.1, 0.15) is 0 Å². The van der Waals surface area contributed by atoms with Gasteiger partial charge in [-0.05, 0) is 42.5 Å². The second-order valence-corrected chi connectivity index (χ2v) is 6.84. The molecule has 6 nitrogen and oxygen atoms in total. The second kappa shape index (κ2) is 8.06. The molecular weight excluding hydrogens is 362 g/mol. The number of benzene rings is 3. The van der Waals surface area contributed by atoms with E-state index >= 15 is 0 Å². The fourth-order valence-corrected chi connectivity index (χ4v) is 3.06. The molecule has 4 rings (SSSR count). The Morgan fingerprint density at radius 3 is 2.34 bits per heavy atom. The molecule has 0 unspecified atom stereocenters. The SMILES string of the molecule is COc1cccc(Nc2nc(Nc3cccc(N(C)C)c3)nc3ccccc23)c1. The van der Waals surface area contributed by atoms with Crippen molar-refractivity contribution in [2.24, 2.45) is 0 Å². The zero-order chi connectivity index (χ0) is 20.2. The molecule has 0 saturated carbocycles. The summed E-state index contributed by atoms with van der Waals surface area (Å²) in [6, 6.07) is 23.8. The Hall–Kier alpha value is -3.80. The van der Waals surface area contributed by atoms with Crippen LogP contribution in [0.15, 0.2) is 72.8 Å². The summed E-state index contributed by atoms with van der Waals surface area (Å²) in [5.74, 6) is 2.05. The molecule has 0 fully saturated rings. The van der Waals surface area contributed by atoms with Crippen molar-refractivity contribution in [1.82, 2.24) is 9.97 Å². The summed E-state index contributed by atoms with van der Waals surface area (Å²) in [4.78, 5) is 11.5. The van der Waals surface area contributed by atoms with Gasteiger partial charge in [-0.2, -0.15) is 4.98 Å². The van der Waals surface area contributed by atoms with Crippen LogP contribution in [0, 0.1) is 0 Å². The third-order valence-corrected chi connectivity index (χ3v) is 4.55. The zero-order valence-electron chi connectivity index (χ0n) is 16.7. The molecule has 146 valence electrons. The lowest BCUT2D eigenvalue weighted by Crippen LogP contribution is -2.09. The van der Waals surface area contributed by atoms with Gasteiger partial charge in [0.05, 0.1) is 12.6 Å². The van der Waals surface area contributed by atoms with Gasteiger partial charge in [-0.3, -0.25) is 0 Å². The summed E-state index contributed by atoms with van der Waals surface area (Å²) >= 11 is 0. The standard InChI is InChI=1S/C23H23N5O/c1-28(2)18-10-6-8-16(14-18)25-23-26-21-13-5-4-12-20(21)22(27-23)24-17-9-7-11-19(15-17)29-3/h4-15H,1-3H3,(H2,24,25,26,27). The monoisotopic (exact) mass is 385 g/mol. The van der Waals surface area contributed by atoms with Crippen molar-refractivity contribution < 1.29 is 4.74 Å². The van der Waals surface area contributed by atoms with E-state index in [1.54, 1.807) is 7.11 Å². The molecule has 0 aliphatic carbocycles. The zero-order valence-corrected chi connectivity index (χ0v) is 16.7. The Bertz CT molecular complexity index is 1140. The maximum absolute atomic E-state index is 5.32. The van der Waals surface area contributed by atoms with Crippen molar-refractivity contribution in [3.05, 3.63) is 72.8 Å². The molecule has 0 bridgehead atoms. The predicted octanol–water partition coefficient (Wildman–Crippen LogP) is 5.19. The number of nitrogens with zero attached hydrogens (tertiary/aromatic N) is 3. The van der Waals surface area contributed by atoms with Crippen LogP contribution in [-0.2, 0) is 0 Å². The molecule has 0 saturated heterocycles. The van der Waals surface area contributed by atoms with E-state index < -0.39 is 0 Å². The van der Waals surface area contributed by atoms with Gasteiger partial charge in [0.25, 0.3) is 0 Å². The second-order valence-electron chi connectivity index (χ2n) is 6.84. The molecule has 0 radical (unpaired) electrons. The summed E-state index contributed by atoms with van der Waals surface area (Å²) in [6.45, 7) is 0. The Morgan fingerprint density at radius 1 is 0.793 bits per heavy atom. The maximum atomic E-state index is 5.32. The van der Waals surface area contributed by atoms with Gasteiger partial charge in [-0.25, -0.2) is 4.98 Å². The van der Waals surface area contributed by atoms with Crippen LogP contribution in [0.4, 0.5) is 28.8 Å². The molecule has 1 heterocycles. The van der Waals surface area contributed by atoms with Gasteiger partial charge < -0.3 is 20.3 Å². The Morgan fingerprint density at radius 2 is 1.55 bits per heavy atom. The minimum absolute atomic E-state index is 0.532. The number of methoxy groups -OCH3 is 1. The van der Waals surface area contributed by atoms with Gasteiger partial charge in [0, 0.05) is 42.6 Å². The molecule has 3 aromatic carbocycles. The number of hydrogen-bond acceptors (Lipinski definition) is 6. The van der Waals surface area contributed by atoms with Gasteiger partial charge in [0.1, 0.15) is 11.6 Å². The fourth-order valence-electron chi connectivity index (χ4n) is 3.06. The van der Waals surface area contributed by atoms with Gasteiger partial charge in [-0.15, -0.1) is 0 Å². The molecule has 0 atom stereocenters. The van der Waals surface area contributed by atoms with Crippen LogP contribution in [0.5, 0.6) is 5.75 Å². The van der Waals surface area contributed by atoms with Crippen molar-refractivity contribution >= 4 is 39.7 Å². The van der Waals surface area contributed by atoms with E-state index in [4.69, 9.17) is 9.72 Å². The quantitative estimate of drug-likeness (QED) is 0.476. The van der Waals surface area contributed by atoms with Gasteiger partial charge in [0.2, 0.25) is 5.95 Å². The van der Waals surface area contributed by atoms with Crippen molar-refractivity contribution in [2.75, 3.05) is 36.7 Å².